The highest BCUT2D eigenvalue weighted by Crippen LogP contribution is 2.39. The fourth-order valence-electron chi connectivity index (χ4n) is 3.58. The summed E-state index contributed by atoms with van der Waals surface area (Å²) in [6.07, 6.45) is 4.21. The molecule has 1 saturated heterocycles. The van der Waals surface area contributed by atoms with E-state index in [0.29, 0.717) is 44.5 Å². The van der Waals surface area contributed by atoms with Crippen molar-refractivity contribution < 1.29 is 14.3 Å². The number of ether oxygens (including phenoxy) is 2. The quantitative estimate of drug-likeness (QED) is 0.153. The van der Waals surface area contributed by atoms with Gasteiger partial charge in [-0.2, -0.15) is 0 Å². The normalized spacial score (nSPS) is 14.5. The van der Waals surface area contributed by atoms with Crippen LogP contribution in [0.1, 0.15) is 16.7 Å². The zero-order valence-corrected chi connectivity index (χ0v) is 22.8. The Labute approximate surface area is 227 Å². The van der Waals surface area contributed by atoms with Crippen LogP contribution in [0.3, 0.4) is 0 Å². The van der Waals surface area contributed by atoms with Gasteiger partial charge in [-0.3, -0.25) is 9.69 Å². The molecule has 3 aromatic rings. The Bertz CT molecular complexity index is 1320. The fraction of sp³-hybridized carbons (Fsp3) is 0.111. The van der Waals surface area contributed by atoms with Crippen LogP contribution in [-0.2, 0) is 17.8 Å². The number of hydrogen-bond acceptors (Lipinski definition) is 5. The monoisotopic (exact) mass is 585 g/mol. The molecule has 0 unspecified atom stereocenters. The Morgan fingerprint density at radius 3 is 2.63 bits per heavy atom. The summed E-state index contributed by atoms with van der Waals surface area (Å²) in [4.78, 5) is 15.2. The number of thioether (sulfide) groups is 1. The number of benzene rings is 3. The van der Waals surface area contributed by atoms with Crippen LogP contribution in [0.15, 0.2) is 82.7 Å². The fourth-order valence-corrected chi connectivity index (χ4v) is 5.33. The molecule has 0 radical (unpaired) electrons. The van der Waals surface area contributed by atoms with E-state index in [1.165, 1.54) is 16.7 Å². The second kappa shape index (κ2) is 11.4. The highest BCUT2D eigenvalue weighted by Gasteiger charge is 2.33. The molecule has 0 atom stereocenters. The molecule has 0 N–H and O–H groups in total. The van der Waals surface area contributed by atoms with Gasteiger partial charge in [0.1, 0.15) is 6.61 Å². The van der Waals surface area contributed by atoms with Gasteiger partial charge in [-0.15, -0.1) is 6.58 Å². The van der Waals surface area contributed by atoms with Crippen molar-refractivity contribution >= 4 is 73.5 Å². The number of carbonyl (C=O) groups is 1. The molecule has 1 amide bonds. The molecule has 178 valence electrons. The molecule has 0 saturated carbocycles. The summed E-state index contributed by atoms with van der Waals surface area (Å²) in [6.45, 7) is 4.27. The summed E-state index contributed by atoms with van der Waals surface area (Å²) in [7, 11) is 1.60. The third kappa shape index (κ3) is 5.98. The van der Waals surface area contributed by atoms with Gasteiger partial charge in [0.25, 0.3) is 5.91 Å². The summed E-state index contributed by atoms with van der Waals surface area (Å²) in [6, 6.07) is 18.9. The van der Waals surface area contributed by atoms with E-state index in [2.05, 4.69) is 22.5 Å². The van der Waals surface area contributed by atoms with E-state index in [0.717, 1.165) is 21.2 Å². The van der Waals surface area contributed by atoms with Gasteiger partial charge >= 0.3 is 0 Å². The van der Waals surface area contributed by atoms with Crippen molar-refractivity contribution in [3.8, 4) is 11.5 Å². The average molecular weight is 587 g/mol. The molecule has 1 heterocycles. The van der Waals surface area contributed by atoms with E-state index < -0.39 is 0 Å². The lowest BCUT2D eigenvalue weighted by Crippen LogP contribution is -2.27. The third-order valence-electron chi connectivity index (χ3n) is 5.19. The van der Waals surface area contributed by atoms with Gasteiger partial charge < -0.3 is 9.47 Å². The number of allylic oxidation sites excluding steroid dienone is 1. The van der Waals surface area contributed by atoms with Crippen molar-refractivity contribution in [3.63, 3.8) is 0 Å². The van der Waals surface area contributed by atoms with Gasteiger partial charge in [-0.25, -0.2) is 0 Å². The smallest absolute Gasteiger partial charge is 0.270 e. The molecule has 1 aliphatic rings. The lowest BCUT2D eigenvalue weighted by molar-refractivity contribution is -0.113. The van der Waals surface area contributed by atoms with Crippen LogP contribution >= 0.6 is 51.5 Å². The highest BCUT2D eigenvalue weighted by atomic mass is 79.9. The van der Waals surface area contributed by atoms with Gasteiger partial charge in [0, 0.05) is 15.1 Å². The second-order valence-electron chi connectivity index (χ2n) is 7.62. The van der Waals surface area contributed by atoms with Crippen LogP contribution in [0, 0.1) is 0 Å². The average Bonchev–Trinajstić information content (AvgIpc) is 3.11. The first-order chi connectivity index (χ1) is 16.9. The molecule has 4 rings (SSSR count). The number of anilines is 1. The molecule has 0 aliphatic carbocycles. The zero-order chi connectivity index (χ0) is 24.9. The van der Waals surface area contributed by atoms with Gasteiger partial charge in [0.2, 0.25) is 0 Å². The third-order valence-corrected chi connectivity index (χ3v) is 7.26. The van der Waals surface area contributed by atoms with Crippen molar-refractivity contribution in [2.75, 3.05) is 12.0 Å². The lowest BCUT2D eigenvalue weighted by atomic mass is 10.0. The standard InChI is InChI=1S/C27H21BrClNO3S2/c1-3-5-19-12-18(13-23(32-2)25(19)33-16-17-8-10-20(28)11-9-17)14-24-26(31)30(27(34)35-24)22-7-4-6-21(29)15-22/h3-4,6-15H,1,5,16H2,2H3/b24-14+. The van der Waals surface area contributed by atoms with Crippen LogP contribution in [0.25, 0.3) is 6.08 Å². The summed E-state index contributed by atoms with van der Waals surface area (Å²) >= 11 is 16.3. The summed E-state index contributed by atoms with van der Waals surface area (Å²) in [5.74, 6) is 1.04. The first-order valence-electron chi connectivity index (χ1n) is 10.6. The maximum Gasteiger partial charge on any atom is 0.270 e. The first kappa shape index (κ1) is 25.5. The number of thiocarbonyl (C=S) groups is 1. The van der Waals surface area contributed by atoms with E-state index >= 15 is 0 Å². The lowest BCUT2D eigenvalue weighted by Gasteiger charge is -2.16. The molecule has 1 fully saturated rings. The summed E-state index contributed by atoms with van der Waals surface area (Å²) < 4.78 is 13.3. The molecule has 35 heavy (non-hydrogen) atoms. The summed E-state index contributed by atoms with van der Waals surface area (Å²) in [5.41, 5.74) is 3.40. The van der Waals surface area contributed by atoms with Crippen LogP contribution in [0.2, 0.25) is 5.02 Å². The number of rotatable bonds is 8. The zero-order valence-electron chi connectivity index (χ0n) is 18.8. The Hall–Kier alpha value is -2.58. The molecular formula is C27H21BrClNO3S2. The minimum absolute atomic E-state index is 0.193. The minimum Gasteiger partial charge on any atom is -0.493 e. The van der Waals surface area contributed by atoms with Crippen molar-refractivity contribution in [3.05, 3.63) is 104 Å². The Kier molecular flexibility index (Phi) is 8.34. The van der Waals surface area contributed by atoms with Crippen molar-refractivity contribution in [1.29, 1.82) is 0 Å². The van der Waals surface area contributed by atoms with Crippen LogP contribution in [0.5, 0.6) is 11.5 Å². The van der Waals surface area contributed by atoms with Crippen molar-refractivity contribution in [2.24, 2.45) is 0 Å². The van der Waals surface area contributed by atoms with Crippen LogP contribution in [0.4, 0.5) is 5.69 Å². The molecule has 0 spiro atoms. The number of carbonyl (C=O) groups excluding carboxylic acids is 1. The molecule has 0 aromatic heterocycles. The predicted molar refractivity (Wildman–Crippen MR) is 152 cm³/mol. The molecule has 3 aromatic carbocycles. The van der Waals surface area contributed by atoms with Crippen LogP contribution in [-0.4, -0.2) is 17.3 Å². The maximum atomic E-state index is 13.2. The number of hydrogen-bond donors (Lipinski definition) is 0. The number of nitrogens with zero attached hydrogens (tertiary/aromatic N) is 1. The van der Waals surface area contributed by atoms with Crippen molar-refractivity contribution in [1.82, 2.24) is 0 Å². The molecular weight excluding hydrogens is 566 g/mol. The van der Waals surface area contributed by atoms with Gasteiger partial charge in [0.15, 0.2) is 15.8 Å². The van der Waals surface area contributed by atoms with E-state index in [1.54, 1.807) is 25.3 Å². The minimum atomic E-state index is -0.193. The molecule has 4 nitrogen and oxygen atoms in total. The molecule has 8 heteroatoms. The topological polar surface area (TPSA) is 38.8 Å². The van der Waals surface area contributed by atoms with Gasteiger partial charge in [-0.05, 0) is 66.1 Å². The Morgan fingerprint density at radius 2 is 1.94 bits per heavy atom. The second-order valence-corrected chi connectivity index (χ2v) is 10.6. The van der Waals surface area contributed by atoms with E-state index in [-0.39, 0.29) is 5.91 Å². The number of halogens is 2. The van der Waals surface area contributed by atoms with E-state index in [9.17, 15) is 4.79 Å². The molecule has 0 bridgehead atoms. The van der Waals surface area contributed by atoms with Gasteiger partial charge in [-0.1, -0.05) is 75.8 Å². The molecule has 1 aliphatic heterocycles. The van der Waals surface area contributed by atoms with Crippen molar-refractivity contribution in [2.45, 2.75) is 13.0 Å². The first-order valence-corrected chi connectivity index (χ1v) is 13.0. The Morgan fingerprint density at radius 1 is 1.17 bits per heavy atom. The predicted octanol–water partition coefficient (Wildman–Crippen LogP) is 7.82. The van der Waals surface area contributed by atoms with Gasteiger partial charge in [0.05, 0.1) is 17.7 Å². The number of methoxy groups -OCH3 is 1. The van der Waals surface area contributed by atoms with E-state index in [4.69, 9.17) is 33.3 Å². The highest BCUT2D eigenvalue weighted by molar-refractivity contribution is 9.10. The summed E-state index contributed by atoms with van der Waals surface area (Å²) in [5, 5.41) is 0.540. The Balaban J connectivity index is 1.64. The SMILES string of the molecule is C=CCc1cc(/C=C2/SC(=S)N(c3cccc(Cl)c3)C2=O)cc(OC)c1OCc1ccc(Br)cc1. The number of amides is 1. The van der Waals surface area contributed by atoms with Crippen LogP contribution < -0.4 is 14.4 Å². The maximum absolute atomic E-state index is 13.2. The van der Waals surface area contributed by atoms with E-state index in [1.807, 2.05) is 54.6 Å². The largest absolute Gasteiger partial charge is 0.493 e.